The lowest BCUT2D eigenvalue weighted by molar-refractivity contribution is 0.0701. The Kier molecular flexibility index (Phi) is 4.87. The predicted molar refractivity (Wildman–Crippen MR) is 99.7 cm³/mol. The number of carbonyl (C=O) groups is 1. The second-order valence-corrected chi connectivity index (χ2v) is 7.28. The number of benzene rings is 2. The standard InChI is InChI=1S/C18H16N2O2S2/c1-11-16(18(21)22)24-17(20-11)13-7-8-15(14(19)9-13)23-10-12-5-3-2-4-6-12/h2-9H,10,19H2,1H3,(H,21,22). The SMILES string of the molecule is Cc1nc(-c2ccc(SCc3ccccc3)c(N)c2)sc1C(=O)O. The fourth-order valence-corrected chi connectivity index (χ4v) is 4.07. The van der Waals surface area contributed by atoms with E-state index in [1.165, 1.54) is 16.9 Å². The van der Waals surface area contributed by atoms with Gasteiger partial charge in [-0.15, -0.1) is 23.1 Å². The number of carboxylic acid groups (broad SMARTS) is 1. The third kappa shape index (κ3) is 3.60. The molecular formula is C18H16N2O2S2. The van der Waals surface area contributed by atoms with Gasteiger partial charge in [-0.25, -0.2) is 9.78 Å². The summed E-state index contributed by atoms with van der Waals surface area (Å²) in [5.41, 5.74) is 9.46. The fourth-order valence-electron chi connectivity index (χ4n) is 2.27. The Balaban J connectivity index is 1.79. The number of aromatic carboxylic acids is 1. The molecule has 24 heavy (non-hydrogen) atoms. The molecule has 0 fully saturated rings. The molecule has 0 saturated carbocycles. The number of thioether (sulfide) groups is 1. The number of hydrogen-bond acceptors (Lipinski definition) is 5. The van der Waals surface area contributed by atoms with Gasteiger partial charge in [-0.2, -0.15) is 0 Å². The van der Waals surface area contributed by atoms with Gasteiger partial charge < -0.3 is 10.8 Å². The summed E-state index contributed by atoms with van der Waals surface area (Å²) in [6.07, 6.45) is 0. The summed E-state index contributed by atoms with van der Waals surface area (Å²) in [5.74, 6) is -0.0940. The zero-order chi connectivity index (χ0) is 17.1. The molecule has 0 aliphatic heterocycles. The van der Waals surface area contributed by atoms with E-state index in [-0.39, 0.29) is 4.88 Å². The van der Waals surface area contributed by atoms with Crippen LogP contribution in [0.1, 0.15) is 20.9 Å². The molecule has 3 aromatic rings. The number of nitrogens with two attached hydrogens (primary N) is 1. The Bertz CT molecular complexity index is 876. The third-order valence-electron chi connectivity index (χ3n) is 3.48. The molecule has 4 nitrogen and oxygen atoms in total. The summed E-state index contributed by atoms with van der Waals surface area (Å²) in [5, 5.41) is 9.82. The van der Waals surface area contributed by atoms with Crippen LogP contribution in [0.5, 0.6) is 0 Å². The van der Waals surface area contributed by atoms with Gasteiger partial charge in [0.2, 0.25) is 0 Å². The average Bonchev–Trinajstić information content (AvgIpc) is 2.97. The molecule has 0 spiro atoms. The second kappa shape index (κ2) is 7.07. The second-order valence-electron chi connectivity index (χ2n) is 5.27. The lowest BCUT2D eigenvalue weighted by atomic mass is 10.2. The van der Waals surface area contributed by atoms with Crippen molar-refractivity contribution in [3.05, 3.63) is 64.7 Å². The Hall–Kier alpha value is -2.31. The Morgan fingerprint density at radius 3 is 2.62 bits per heavy atom. The van der Waals surface area contributed by atoms with Crippen LogP contribution in [0.3, 0.4) is 0 Å². The minimum Gasteiger partial charge on any atom is -0.477 e. The van der Waals surface area contributed by atoms with Crippen molar-refractivity contribution in [1.82, 2.24) is 4.98 Å². The first kappa shape index (κ1) is 16.5. The van der Waals surface area contributed by atoms with E-state index in [2.05, 4.69) is 17.1 Å². The topological polar surface area (TPSA) is 76.2 Å². The fraction of sp³-hybridized carbons (Fsp3) is 0.111. The van der Waals surface area contributed by atoms with E-state index < -0.39 is 5.97 Å². The van der Waals surface area contributed by atoms with Gasteiger partial charge in [-0.05, 0) is 24.6 Å². The molecule has 2 aromatic carbocycles. The molecule has 3 N–H and O–H groups in total. The molecular weight excluding hydrogens is 340 g/mol. The van der Waals surface area contributed by atoms with Crippen LogP contribution in [0, 0.1) is 6.92 Å². The van der Waals surface area contributed by atoms with E-state index >= 15 is 0 Å². The Morgan fingerprint density at radius 2 is 2.00 bits per heavy atom. The number of hydrogen-bond donors (Lipinski definition) is 2. The quantitative estimate of drug-likeness (QED) is 0.512. The molecule has 122 valence electrons. The highest BCUT2D eigenvalue weighted by atomic mass is 32.2. The molecule has 0 aliphatic rings. The van der Waals surface area contributed by atoms with Crippen LogP contribution in [-0.2, 0) is 5.75 Å². The van der Waals surface area contributed by atoms with Gasteiger partial charge in [0, 0.05) is 21.9 Å². The highest BCUT2D eigenvalue weighted by molar-refractivity contribution is 7.98. The number of aryl methyl sites for hydroxylation is 1. The van der Waals surface area contributed by atoms with Crippen molar-refractivity contribution in [3.8, 4) is 10.6 Å². The number of carboxylic acids is 1. The van der Waals surface area contributed by atoms with E-state index in [0.717, 1.165) is 16.2 Å². The maximum atomic E-state index is 11.1. The van der Waals surface area contributed by atoms with Crippen molar-refractivity contribution in [2.75, 3.05) is 5.73 Å². The molecule has 0 aliphatic carbocycles. The Morgan fingerprint density at radius 1 is 1.25 bits per heavy atom. The summed E-state index contributed by atoms with van der Waals surface area (Å²) in [4.78, 5) is 16.8. The molecule has 6 heteroatoms. The van der Waals surface area contributed by atoms with Gasteiger partial charge >= 0.3 is 5.97 Å². The third-order valence-corrected chi connectivity index (χ3v) is 5.84. The van der Waals surface area contributed by atoms with Crippen molar-refractivity contribution in [3.63, 3.8) is 0 Å². The van der Waals surface area contributed by atoms with Crippen molar-refractivity contribution < 1.29 is 9.90 Å². The van der Waals surface area contributed by atoms with Crippen LogP contribution in [0.2, 0.25) is 0 Å². The molecule has 0 amide bonds. The summed E-state index contributed by atoms with van der Waals surface area (Å²) in [7, 11) is 0. The van der Waals surface area contributed by atoms with Crippen molar-refractivity contribution in [2.45, 2.75) is 17.6 Å². The van der Waals surface area contributed by atoms with Crippen LogP contribution in [0.25, 0.3) is 10.6 Å². The van der Waals surface area contributed by atoms with Crippen molar-refractivity contribution in [2.24, 2.45) is 0 Å². The number of thiazole rings is 1. The molecule has 0 radical (unpaired) electrons. The van der Waals surface area contributed by atoms with E-state index in [0.29, 0.717) is 16.4 Å². The van der Waals surface area contributed by atoms with Crippen molar-refractivity contribution >= 4 is 34.8 Å². The van der Waals surface area contributed by atoms with Crippen LogP contribution in [-0.4, -0.2) is 16.1 Å². The maximum Gasteiger partial charge on any atom is 0.347 e. The smallest absolute Gasteiger partial charge is 0.347 e. The summed E-state index contributed by atoms with van der Waals surface area (Å²) < 4.78 is 0. The van der Waals surface area contributed by atoms with E-state index in [4.69, 9.17) is 10.8 Å². The molecule has 0 atom stereocenters. The Labute approximate surface area is 148 Å². The van der Waals surface area contributed by atoms with Crippen LogP contribution >= 0.6 is 23.1 Å². The number of aromatic nitrogens is 1. The monoisotopic (exact) mass is 356 g/mol. The zero-order valence-electron chi connectivity index (χ0n) is 13.0. The summed E-state index contributed by atoms with van der Waals surface area (Å²) >= 11 is 2.85. The van der Waals surface area contributed by atoms with Crippen LogP contribution in [0.15, 0.2) is 53.4 Å². The van der Waals surface area contributed by atoms with E-state index in [1.54, 1.807) is 18.7 Å². The van der Waals surface area contributed by atoms with E-state index in [1.807, 2.05) is 36.4 Å². The molecule has 0 bridgehead atoms. The molecule has 1 aromatic heterocycles. The van der Waals surface area contributed by atoms with Gasteiger partial charge in [-0.1, -0.05) is 36.4 Å². The van der Waals surface area contributed by atoms with Crippen LogP contribution in [0.4, 0.5) is 5.69 Å². The lowest BCUT2D eigenvalue weighted by Gasteiger charge is -2.07. The number of nitrogen functional groups attached to an aromatic ring is 1. The zero-order valence-corrected chi connectivity index (χ0v) is 14.7. The van der Waals surface area contributed by atoms with Gasteiger partial charge in [0.05, 0.1) is 5.69 Å². The van der Waals surface area contributed by atoms with Gasteiger partial charge in [0.1, 0.15) is 9.88 Å². The average molecular weight is 356 g/mol. The van der Waals surface area contributed by atoms with Crippen LogP contribution < -0.4 is 5.73 Å². The molecule has 3 rings (SSSR count). The van der Waals surface area contributed by atoms with Gasteiger partial charge in [0.25, 0.3) is 0 Å². The van der Waals surface area contributed by atoms with E-state index in [9.17, 15) is 4.79 Å². The molecule has 1 heterocycles. The highest BCUT2D eigenvalue weighted by Gasteiger charge is 2.15. The largest absolute Gasteiger partial charge is 0.477 e. The predicted octanol–water partition coefficient (Wildman–Crippen LogP) is 4.69. The number of anilines is 1. The first-order valence-corrected chi connectivity index (χ1v) is 9.12. The lowest BCUT2D eigenvalue weighted by Crippen LogP contribution is -1.94. The number of nitrogens with zero attached hydrogens (tertiary/aromatic N) is 1. The van der Waals surface area contributed by atoms with Crippen molar-refractivity contribution in [1.29, 1.82) is 0 Å². The summed E-state index contributed by atoms with van der Waals surface area (Å²) in [6, 6.07) is 16.0. The minimum absolute atomic E-state index is 0.270. The highest BCUT2D eigenvalue weighted by Crippen LogP contribution is 2.34. The van der Waals surface area contributed by atoms with Gasteiger partial charge in [-0.3, -0.25) is 0 Å². The minimum atomic E-state index is -0.945. The first-order chi connectivity index (χ1) is 11.5. The van der Waals surface area contributed by atoms with Gasteiger partial charge in [0.15, 0.2) is 0 Å². The normalized spacial score (nSPS) is 10.7. The maximum absolute atomic E-state index is 11.1. The molecule has 0 saturated heterocycles. The number of rotatable bonds is 5. The molecule has 0 unspecified atom stereocenters. The first-order valence-electron chi connectivity index (χ1n) is 7.32. The summed E-state index contributed by atoms with van der Waals surface area (Å²) in [6.45, 7) is 1.71.